The van der Waals surface area contributed by atoms with Crippen LogP contribution < -0.4 is 22.3 Å². The highest BCUT2D eigenvalue weighted by molar-refractivity contribution is 6.30. The van der Waals surface area contributed by atoms with Crippen molar-refractivity contribution >= 4 is 41.8 Å². The topological polar surface area (TPSA) is 187 Å². The van der Waals surface area contributed by atoms with Crippen LogP contribution in [0.5, 0.6) is 0 Å². The Balaban J connectivity index is 2.41. The SMILES string of the molecule is COC(=O)CC1=C/C=C/c2cc(c(Cl)nn2)C(NC(=O)/C=C/C(C)=C(/C)N(N)/C=N\N)CC(=O)NCCO\C(C)=C\1. The Kier molecular flexibility index (Phi) is 13.2. The molecule has 0 fully saturated rings. The number of fused-ring (bicyclic) bond motifs is 2. The number of ether oxygens (including phenoxy) is 2. The molecule has 0 spiro atoms. The van der Waals surface area contributed by atoms with Crippen molar-refractivity contribution in [2.24, 2.45) is 16.8 Å². The number of esters is 1. The predicted molar refractivity (Wildman–Crippen MR) is 155 cm³/mol. The number of carbonyl (C=O) groups excluding carboxylic acids is 3. The lowest BCUT2D eigenvalue weighted by Gasteiger charge is -2.19. The summed E-state index contributed by atoms with van der Waals surface area (Å²) in [5, 5.41) is 18.3. The smallest absolute Gasteiger partial charge is 0.309 e. The molecule has 1 aromatic heterocycles. The first-order chi connectivity index (χ1) is 19.5. The number of hydrazone groups is 1. The number of hydrazine groups is 1. The molecule has 1 atom stereocenters. The van der Waals surface area contributed by atoms with Crippen molar-refractivity contribution in [3.8, 4) is 0 Å². The van der Waals surface area contributed by atoms with Gasteiger partial charge >= 0.3 is 5.97 Å². The van der Waals surface area contributed by atoms with Crippen molar-refractivity contribution in [3.63, 3.8) is 0 Å². The Labute approximate surface area is 243 Å². The molecule has 14 heteroatoms. The van der Waals surface area contributed by atoms with Crippen molar-refractivity contribution in [3.05, 3.63) is 75.5 Å². The first-order valence-corrected chi connectivity index (χ1v) is 12.9. The summed E-state index contributed by atoms with van der Waals surface area (Å²) in [6.07, 6.45) is 10.8. The van der Waals surface area contributed by atoms with Crippen LogP contribution in [-0.4, -0.2) is 59.6 Å². The number of allylic oxidation sites excluding steroid dienone is 7. The highest BCUT2D eigenvalue weighted by Crippen LogP contribution is 2.25. The number of aromatic nitrogens is 2. The zero-order valence-electron chi connectivity index (χ0n) is 23.4. The number of carbonyl (C=O) groups is 3. The highest BCUT2D eigenvalue weighted by atomic mass is 35.5. The summed E-state index contributed by atoms with van der Waals surface area (Å²) in [5.41, 5.74) is 2.73. The fourth-order valence-electron chi connectivity index (χ4n) is 3.50. The van der Waals surface area contributed by atoms with E-state index in [1.807, 2.05) is 0 Å². The Bertz CT molecular complexity index is 1300. The summed E-state index contributed by atoms with van der Waals surface area (Å²) in [6.45, 7) is 5.63. The monoisotopic (exact) mass is 586 g/mol. The summed E-state index contributed by atoms with van der Waals surface area (Å²) < 4.78 is 10.4. The van der Waals surface area contributed by atoms with Crippen LogP contribution in [0.4, 0.5) is 0 Å². The lowest BCUT2D eigenvalue weighted by Crippen LogP contribution is -2.34. The molecule has 1 aliphatic heterocycles. The van der Waals surface area contributed by atoms with Gasteiger partial charge in [0.1, 0.15) is 12.9 Å². The van der Waals surface area contributed by atoms with Gasteiger partial charge in [0.15, 0.2) is 5.15 Å². The van der Waals surface area contributed by atoms with Crippen LogP contribution in [0.1, 0.15) is 50.9 Å². The molecule has 0 saturated heterocycles. The molecule has 2 heterocycles. The number of nitrogens with two attached hydrogens (primary N) is 2. The highest BCUT2D eigenvalue weighted by Gasteiger charge is 2.22. The zero-order valence-corrected chi connectivity index (χ0v) is 24.1. The molecule has 2 amide bonds. The zero-order chi connectivity index (χ0) is 30.4. The van der Waals surface area contributed by atoms with Gasteiger partial charge in [0.05, 0.1) is 44.0 Å². The summed E-state index contributed by atoms with van der Waals surface area (Å²) in [5.74, 6) is 10.2. The van der Waals surface area contributed by atoms with Gasteiger partial charge in [-0.2, -0.15) is 5.10 Å². The van der Waals surface area contributed by atoms with E-state index in [0.29, 0.717) is 33.9 Å². The number of halogens is 1. The lowest BCUT2D eigenvalue weighted by molar-refractivity contribution is -0.139. The van der Waals surface area contributed by atoms with Crippen molar-refractivity contribution in [2.45, 2.75) is 39.7 Å². The molecule has 1 aliphatic rings. The van der Waals surface area contributed by atoms with Crippen molar-refractivity contribution in [2.75, 3.05) is 20.3 Å². The minimum atomic E-state index is -0.830. The summed E-state index contributed by atoms with van der Waals surface area (Å²) >= 11 is 6.36. The van der Waals surface area contributed by atoms with Gasteiger partial charge < -0.3 is 25.9 Å². The number of amides is 2. The fourth-order valence-corrected chi connectivity index (χ4v) is 3.73. The first-order valence-electron chi connectivity index (χ1n) is 12.5. The molecule has 2 rings (SSSR count). The minimum Gasteiger partial charge on any atom is -0.496 e. The van der Waals surface area contributed by atoms with E-state index in [2.05, 4.69) is 25.9 Å². The van der Waals surface area contributed by atoms with E-state index in [9.17, 15) is 14.4 Å². The molecule has 220 valence electrons. The quantitative estimate of drug-likeness (QED) is 0.0701. The van der Waals surface area contributed by atoms with Crippen LogP contribution >= 0.6 is 11.6 Å². The number of methoxy groups -OCH3 is 1. The van der Waals surface area contributed by atoms with Crippen LogP contribution in [0.25, 0.3) is 6.08 Å². The van der Waals surface area contributed by atoms with E-state index in [1.165, 1.54) is 24.5 Å². The number of hydrogen-bond donors (Lipinski definition) is 4. The third kappa shape index (κ3) is 11.3. The Morgan fingerprint density at radius 1 is 1.34 bits per heavy atom. The van der Waals surface area contributed by atoms with E-state index in [1.54, 1.807) is 57.2 Å². The predicted octanol–water partition coefficient (Wildman–Crippen LogP) is 2.16. The maximum Gasteiger partial charge on any atom is 0.309 e. The number of rotatable bonds is 7. The lowest BCUT2D eigenvalue weighted by atomic mass is 10.0. The number of nitrogens with zero attached hydrogens (tertiary/aromatic N) is 4. The normalized spacial score (nSPS) is 20.5. The van der Waals surface area contributed by atoms with Crippen molar-refractivity contribution in [1.82, 2.24) is 25.8 Å². The third-order valence-electron chi connectivity index (χ3n) is 5.81. The molecule has 41 heavy (non-hydrogen) atoms. The van der Waals surface area contributed by atoms with Crippen molar-refractivity contribution < 1.29 is 23.9 Å². The van der Waals surface area contributed by atoms with Crippen LogP contribution in [0, 0.1) is 0 Å². The molecule has 1 unspecified atom stereocenters. The summed E-state index contributed by atoms with van der Waals surface area (Å²) in [4.78, 5) is 37.5. The van der Waals surface area contributed by atoms with Gasteiger partial charge in [-0.25, -0.2) is 5.84 Å². The van der Waals surface area contributed by atoms with E-state index in [0.717, 1.165) is 0 Å². The van der Waals surface area contributed by atoms with E-state index >= 15 is 0 Å². The average molecular weight is 587 g/mol. The van der Waals surface area contributed by atoms with Crippen LogP contribution in [0.2, 0.25) is 5.15 Å². The Hall–Kier alpha value is -4.49. The molecule has 0 aromatic carbocycles. The standard InChI is InChI=1S/C27H35ClN8O5/c1-17(19(3)36(30)16-32-29)8-9-24(37)33-23-15-25(38)31-10-11-41-18(2)12-20(13-26(39)40-4)6-5-7-21-14-22(23)27(28)35-34-21/h5-9,12,14,16,23H,10-11,13,15,29-30H2,1-4H3,(H,31,38)(H,33,37)/b7-5+,9-8+,18-12+,19-17-,20-6+,32-16-. The molecule has 6 N–H and O–H groups in total. The largest absolute Gasteiger partial charge is 0.496 e. The maximum absolute atomic E-state index is 12.9. The Morgan fingerprint density at radius 2 is 2.10 bits per heavy atom. The van der Waals surface area contributed by atoms with Gasteiger partial charge in [-0.3, -0.25) is 19.4 Å². The number of nitrogens with one attached hydrogen (secondary N) is 2. The maximum atomic E-state index is 12.9. The first kappa shape index (κ1) is 32.7. The molecule has 1 aromatic rings. The Morgan fingerprint density at radius 3 is 2.80 bits per heavy atom. The van der Waals surface area contributed by atoms with E-state index < -0.39 is 17.9 Å². The summed E-state index contributed by atoms with van der Waals surface area (Å²) in [6, 6.07) is 0.801. The molecule has 0 radical (unpaired) electrons. The van der Waals surface area contributed by atoms with E-state index in [-0.39, 0.29) is 37.1 Å². The van der Waals surface area contributed by atoms with Crippen LogP contribution in [0.3, 0.4) is 0 Å². The minimum absolute atomic E-state index is 0.0234. The summed E-state index contributed by atoms with van der Waals surface area (Å²) in [7, 11) is 1.31. The molecule has 0 aliphatic carbocycles. The van der Waals surface area contributed by atoms with Crippen molar-refractivity contribution in [1.29, 1.82) is 0 Å². The second kappa shape index (κ2) is 16.6. The fraction of sp³-hybridized carbons (Fsp3) is 0.333. The van der Waals surface area contributed by atoms with Gasteiger partial charge in [0, 0.05) is 17.3 Å². The second-order valence-corrected chi connectivity index (χ2v) is 9.22. The van der Waals surface area contributed by atoms with Gasteiger partial charge in [0.2, 0.25) is 11.8 Å². The molecular formula is C27H35ClN8O5. The van der Waals surface area contributed by atoms with E-state index in [4.69, 9.17) is 32.8 Å². The van der Waals surface area contributed by atoms with Gasteiger partial charge in [-0.15, -0.1) is 10.2 Å². The molecule has 2 bridgehead atoms. The van der Waals surface area contributed by atoms with Crippen LogP contribution in [-0.2, 0) is 23.9 Å². The van der Waals surface area contributed by atoms with Gasteiger partial charge in [0.25, 0.3) is 0 Å². The van der Waals surface area contributed by atoms with Gasteiger partial charge in [-0.05, 0) is 50.1 Å². The number of hydrogen-bond acceptors (Lipinski definition) is 10. The third-order valence-corrected chi connectivity index (χ3v) is 6.10. The second-order valence-electron chi connectivity index (χ2n) is 8.86. The molecular weight excluding hydrogens is 552 g/mol. The molecule has 0 saturated carbocycles. The van der Waals surface area contributed by atoms with Crippen LogP contribution in [0.15, 0.2) is 64.2 Å². The molecule has 13 nitrogen and oxygen atoms in total. The van der Waals surface area contributed by atoms with Gasteiger partial charge in [-0.1, -0.05) is 29.8 Å². The average Bonchev–Trinajstić information content (AvgIpc) is 2.93.